The van der Waals surface area contributed by atoms with E-state index in [0.29, 0.717) is 16.1 Å². The first-order chi connectivity index (χ1) is 13.6. The maximum absolute atomic E-state index is 5.76. The van der Waals surface area contributed by atoms with Gasteiger partial charge < -0.3 is 21.3 Å². The van der Waals surface area contributed by atoms with Crippen molar-refractivity contribution >= 4 is 46.4 Å². The summed E-state index contributed by atoms with van der Waals surface area (Å²) < 4.78 is 0. The van der Waals surface area contributed by atoms with Crippen molar-refractivity contribution in [2.45, 2.75) is 54.7 Å². The van der Waals surface area contributed by atoms with Gasteiger partial charge in [0.05, 0.1) is 0 Å². The molecule has 0 N–H and O–H groups in total. The van der Waals surface area contributed by atoms with Crippen LogP contribution in [0.3, 0.4) is 0 Å². The van der Waals surface area contributed by atoms with Crippen LogP contribution in [0.1, 0.15) is 38.5 Å². The van der Waals surface area contributed by atoms with Gasteiger partial charge in [-0.2, -0.15) is 6.20 Å². The summed E-state index contributed by atoms with van der Waals surface area (Å²) in [6, 6.07) is 0. The molecule has 4 rings (SSSR count). The standard InChI is InChI=1S/3C5H9ClN.C5H5ClN.Pd/c4*6-5-1-3-7-4-2-5;/h3*5H,1-4H2;1-3H,4H2;/q4*-1;+2. The Morgan fingerprint density at radius 3 is 1.14 bits per heavy atom. The fraction of sp³-hybridized carbons (Fsp3) is 0.800. The topological polar surface area (TPSA) is 56.4 Å². The molecular weight excluding hydrogens is 544 g/mol. The van der Waals surface area contributed by atoms with Gasteiger partial charge in [0.2, 0.25) is 0 Å². The van der Waals surface area contributed by atoms with E-state index in [1.807, 2.05) is 6.08 Å². The molecule has 0 aliphatic carbocycles. The summed E-state index contributed by atoms with van der Waals surface area (Å²) in [7, 11) is 0. The second kappa shape index (κ2) is 20.9. The van der Waals surface area contributed by atoms with Crippen LogP contribution in [0.5, 0.6) is 0 Å². The molecule has 4 heterocycles. The van der Waals surface area contributed by atoms with E-state index < -0.39 is 0 Å². The summed E-state index contributed by atoms with van der Waals surface area (Å²) in [6.45, 7) is 6.61. The molecule has 172 valence electrons. The molecule has 0 radical (unpaired) electrons. The number of rotatable bonds is 0. The number of alkyl halides is 3. The first kappa shape index (κ1) is 30.0. The molecule has 29 heavy (non-hydrogen) atoms. The molecule has 0 atom stereocenters. The van der Waals surface area contributed by atoms with Gasteiger partial charge >= 0.3 is 20.4 Å². The van der Waals surface area contributed by atoms with Gasteiger partial charge in [0.15, 0.2) is 0 Å². The molecule has 0 spiro atoms. The minimum Gasteiger partial charge on any atom is -0.687 e. The quantitative estimate of drug-likeness (QED) is 0.215. The van der Waals surface area contributed by atoms with Gasteiger partial charge in [0, 0.05) is 21.2 Å². The maximum Gasteiger partial charge on any atom is 2.00 e. The Morgan fingerprint density at radius 1 is 0.655 bits per heavy atom. The zero-order valence-electron chi connectivity index (χ0n) is 16.8. The predicted octanol–water partition coefficient (Wildman–Crippen LogP) is 7.29. The van der Waals surface area contributed by atoms with E-state index in [-0.39, 0.29) is 20.4 Å². The number of hydrogen-bond acceptors (Lipinski definition) is 0. The van der Waals surface area contributed by atoms with Crippen molar-refractivity contribution in [3.05, 3.63) is 44.7 Å². The molecule has 3 saturated heterocycles. The number of hydrogen-bond donors (Lipinski definition) is 0. The smallest absolute Gasteiger partial charge is 0.687 e. The molecule has 0 amide bonds. The van der Waals surface area contributed by atoms with Crippen LogP contribution in [0.4, 0.5) is 0 Å². The van der Waals surface area contributed by atoms with Crippen LogP contribution in [0.25, 0.3) is 21.3 Å². The summed E-state index contributed by atoms with van der Waals surface area (Å²) in [5.41, 5.74) is 0. The van der Waals surface area contributed by atoms with Crippen LogP contribution in [0.15, 0.2) is 23.4 Å². The van der Waals surface area contributed by atoms with Crippen molar-refractivity contribution in [3.63, 3.8) is 0 Å². The molecule has 0 aromatic heterocycles. The first-order valence-electron chi connectivity index (χ1n) is 10.1. The van der Waals surface area contributed by atoms with Crippen molar-refractivity contribution in [1.82, 2.24) is 0 Å². The molecule has 4 aliphatic heterocycles. The molecule has 0 aromatic carbocycles. The van der Waals surface area contributed by atoms with Crippen molar-refractivity contribution in [1.29, 1.82) is 0 Å². The summed E-state index contributed by atoms with van der Waals surface area (Å²) >= 11 is 22.8. The average Bonchev–Trinajstić information content (AvgIpc) is 2.72. The molecule has 4 nitrogen and oxygen atoms in total. The summed E-state index contributed by atoms with van der Waals surface area (Å²) in [4.78, 5) is 0. The Bertz CT molecular complexity index is 385. The van der Waals surface area contributed by atoms with Crippen LogP contribution < -0.4 is 0 Å². The Morgan fingerprint density at radius 2 is 1.00 bits per heavy atom. The van der Waals surface area contributed by atoms with Crippen molar-refractivity contribution in [2.75, 3.05) is 45.8 Å². The van der Waals surface area contributed by atoms with E-state index in [4.69, 9.17) is 46.4 Å². The minimum absolute atomic E-state index is 0. The van der Waals surface area contributed by atoms with Gasteiger partial charge in [-0.05, 0) is 0 Å². The van der Waals surface area contributed by atoms with Gasteiger partial charge in [-0.1, -0.05) is 62.3 Å². The summed E-state index contributed by atoms with van der Waals surface area (Å²) in [5, 5.41) is 18.3. The monoisotopic (exact) mass is 574 g/mol. The Hall–Kier alpha value is 0.982. The Labute approximate surface area is 210 Å². The van der Waals surface area contributed by atoms with E-state index in [0.717, 1.165) is 89.4 Å². The number of allylic oxidation sites excluding steroid dienone is 2. The van der Waals surface area contributed by atoms with Gasteiger partial charge in [-0.25, -0.2) is 0 Å². The van der Waals surface area contributed by atoms with Gasteiger partial charge in [0.25, 0.3) is 0 Å². The van der Waals surface area contributed by atoms with E-state index in [1.54, 1.807) is 12.3 Å². The van der Waals surface area contributed by atoms with Crippen LogP contribution in [0.2, 0.25) is 0 Å². The van der Waals surface area contributed by atoms with Crippen LogP contribution in [-0.4, -0.2) is 61.9 Å². The largest absolute Gasteiger partial charge is 2.00 e. The molecule has 0 bridgehead atoms. The van der Waals surface area contributed by atoms with E-state index in [1.165, 1.54) is 0 Å². The molecule has 3 fully saturated rings. The van der Waals surface area contributed by atoms with Crippen LogP contribution in [-0.2, 0) is 20.4 Å². The zero-order chi connectivity index (χ0) is 20.5. The van der Waals surface area contributed by atoms with Crippen molar-refractivity contribution in [2.24, 2.45) is 0 Å². The second-order valence-corrected chi connectivity index (χ2v) is 9.09. The third kappa shape index (κ3) is 19.4. The Kier molecular flexibility index (Phi) is 21.6. The molecule has 4 aliphatic rings. The summed E-state index contributed by atoms with van der Waals surface area (Å²) in [5.74, 6) is 0. The van der Waals surface area contributed by atoms with E-state index in [2.05, 4.69) is 21.3 Å². The number of piperidine rings is 3. The normalized spacial score (nSPS) is 22.7. The predicted molar refractivity (Wildman–Crippen MR) is 127 cm³/mol. The second-order valence-electron chi connectivity index (χ2n) is 6.81. The molecule has 0 unspecified atom stereocenters. The van der Waals surface area contributed by atoms with Crippen molar-refractivity contribution < 1.29 is 20.4 Å². The molecule has 9 heteroatoms. The van der Waals surface area contributed by atoms with Crippen LogP contribution in [0, 0.1) is 0 Å². The first-order valence-corrected chi connectivity index (χ1v) is 11.8. The fourth-order valence-corrected chi connectivity index (χ4v) is 3.26. The number of nitrogens with zero attached hydrogens (tertiary/aromatic N) is 4. The third-order valence-electron chi connectivity index (χ3n) is 4.33. The van der Waals surface area contributed by atoms with Crippen molar-refractivity contribution in [3.8, 4) is 0 Å². The average molecular weight is 577 g/mol. The molecule has 0 aromatic rings. The van der Waals surface area contributed by atoms with Gasteiger partial charge in [0.1, 0.15) is 0 Å². The SMILES string of the molecule is ClC1=CC[N-]C=C1.ClC1CC[N-]CC1.ClC1CC[N-]CC1.ClC1CC[N-]CC1.[Pd+2]. The zero-order valence-corrected chi connectivity index (χ0v) is 21.4. The van der Waals surface area contributed by atoms with Crippen LogP contribution >= 0.6 is 46.4 Å². The van der Waals surface area contributed by atoms with E-state index >= 15 is 0 Å². The number of halogens is 4. The third-order valence-corrected chi connectivity index (χ3v) is 5.92. The molecular formula is C20H32Cl4N4Pd-2. The van der Waals surface area contributed by atoms with Gasteiger partial charge in [-0.15, -0.1) is 80.6 Å². The summed E-state index contributed by atoms with van der Waals surface area (Å²) in [6.07, 6.45) is 11.9. The van der Waals surface area contributed by atoms with E-state index in [9.17, 15) is 0 Å². The minimum atomic E-state index is 0. The maximum atomic E-state index is 5.76. The van der Waals surface area contributed by atoms with Gasteiger partial charge in [-0.3, -0.25) is 0 Å². The molecule has 0 saturated carbocycles. The Balaban J connectivity index is 0.000000356. The fourth-order valence-electron chi connectivity index (χ4n) is 2.55.